The molecule has 1 heterocycles. The van der Waals surface area contributed by atoms with Crippen LogP contribution in [0.1, 0.15) is 43.7 Å². The van der Waals surface area contributed by atoms with Gasteiger partial charge in [0.25, 0.3) is 0 Å². The smallest absolute Gasteiger partial charge is 0.312 e. The van der Waals surface area contributed by atoms with Crippen molar-refractivity contribution in [1.82, 2.24) is 0 Å². The molecule has 2 aromatic rings. The molecule has 0 saturated carbocycles. The summed E-state index contributed by atoms with van der Waals surface area (Å²) in [5.74, 6) is 1.41. The van der Waals surface area contributed by atoms with Crippen LogP contribution in [0.25, 0.3) is 0 Å². The molecule has 0 radical (unpaired) electrons. The third-order valence-corrected chi connectivity index (χ3v) is 4.10. The summed E-state index contributed by atoms with van der Waals surface area (Å²) in [7, 11) is 0. The molecule has 132 valence electrons. The molecule has 25 heavy (non-hydrogen) atoms. The van der Waals surface area contributed by atoms with Crippen molar-refractivity contribution in [1.29, 1.82) is 0 Å². The molecule has 3 rings (SSSR count). The highest BCUT2D eigenvalue weighted by Gasteiger charge is 2.29. The quantitative estimate of drug-likeness (QED) is 0.634. The maximum atomic E-state index is 12.0. The minimum Gasteiger partial charge on any atom is -0.508 e. The molecular formula is C20H22O5. The van der Waals surface area contributed by atoms with Crippen LogP contribution in [0, 0.1) is 0 Å². The van der Waals surface area contributed by atoms with Gasteiger partial charge in [0.1, 0.15) is 11.5 Å². The van der Waals surface area contributed by atoms with Gasteiger partial charge in [-0.15, -0.1) is 0 Å². The lowest BCUT2D eigenvalue weighted by atomic mass is 9.86. The van der Waals surface area contributed by atoms with Gasteiger partial charge in [0.2, 0.25) is 0 Å². The monoisotopic (exact) mass is 342 g/mol. The summed E-state index contributed by atoms with van der Waals surface area (Å²) in [6.07, 6.45) is 1.16. The lowest BCUT2D eigenvalue weighted by Crippen LogP contribution is -2.21. The van der Waals surface area contributed by atoms with Crippen molar-refractivity contribution in [2.45, 2.75) is 32.6 Å². The van der Waals surface area contributed by atoms with Gasteiger partial charge in [0, 0.05) is 17.5 Å². The number of aromatic hydroxyl groups is 1. The van der Waals surface area contributed by atoms with Crippen molar-refractivity contribution >= 4 is 5.97 Å². The minimum absolute atomic E-state index is 0.0746. The fourth-order valence-electron chi connectivity index (χ4n) is 2.98. The summed E-state index contributed by atoms with van der Waals surface area (Å²) >= 11 is 0. The van der Waals surface area contributed by atoms with Crippen molar-refractivity contribution in [2.75, 3.05) is 13.2 Å². The molecule has 1 atom stereocenters. The first-order chi connectivity index (χ1) is 12.1. The Labute approximate surface area is 147 Å². The molecule has 1 unspecified atom stereocenters. The van der Waals surface area contributed by atoms with E-state index in [0.29, 0.717) is 30.5 Å². The van der Waals surface area contributed by atoms with Crippen molar-refractivity contribution in [3.63, 3.8) is 0 Å². The van der Waals surface area contributed by atoms with Crippen LogP contribution < -0.4 is 14.2 Å². The number of benzene rings is 2. The van der Waals surface area contributed by atoms with Crippen LogP contribution in [0.2, 0.25) is 0 Å². The average molecular weight is 342 g/mol. The minimum atomic E-state index is -0.313. The molecule has 5 nitrogen and oxygen atoms in total. The van der Waals surface area contributed by atoms with E-state index in [4.69, 9.17) is 14.2 Å². The van der Waals surface area contributed by atoms with Crippen molar-refractivity contribution in [2.24, 2.45) is 0 Å². The van der Waals surface area contributed by atoms with E-state index in [2.05, 4.69) is 6.92 Å². The maximum Gasteiger partial charge on any atom is 0.312 e. The summed E-state index contributed by atoms with van der Waals surface area (Å²) in [6, 6.07) is 10.6. The Bertz CT molecular complexity index is 769. The van der Waals surface area contributed by atoms with Crippen LogP contribution >= 0.6 is 0 Å². The van der Waals surface area contributed by atoms with Gasteiger partial charge in [-0.3, -0.25) is 4.79 Å². The van der Waals surface area contributed by atoms with Crippen LogP contribution in [-0.2, 0) is 4.79 Å². The Hall–Kier alpha value is -2.69. The van der Waals surface area contributed by atoms with Gasteiger partial charge in [-0.25, -0.2) is 0 Å². The first-order valence-corrected chi connectivity index (χ1v) is 8.55. The molecule has 1 N–H and O–H groups in total. The largest absolute Gasteiger partial charge is 0.508 e. The first-order valence-electron chi connectivity index (χ1n) is 8.55. The van der Waals surface area contributed by atoms with Crippen LogP contribution in [0.15, 0.2) is 36.4 Å². The molecule has 0 aliphatic carbocycles. The molecule has 0 bridgehead atoms. The third kappa shape index (κ3) is 3.71. The van der Waals surface area contributed by atoms with E-state index >= 15 is 0 Å². The van der Waals surface area contributed by atoms with Gasteiger partial charge in [-0.1, -0.05) is 19.1 Å². The molecule has 0 spiro atoms. The van der Waals surface area contributed by atoms with Gasteiger partial charge >= 0.3 is 5.97 Å². The second-order valence-electron chi connectivity index (χ2n) is 5.94. The number of rotatable bonds is 6. The van der Waals surface area contributed by atoms with E-state index in [9.17, 15) is 9.90 Å². The Morgan fingerprint density at radius 3 is 2.72 bits per heavy atom. The molecule has 1 aliphatic rings. The van der Waals surface area contributed by atoms with Gasteiger partial charge in [0.15, 0.2) is 11.5 Å². The van der Waals surface area contributed by atoms with Gasteiger partial charge in [-0.05, 0) is 37.1 Å². The Morgan fingerprint density at radius 1 is 1.12 bits per heavy atom. The van der Waals surface area contributed by atoms with Crippen LogP contribution in [0.4, 0.5) is 0 Å². The van der Waals surface area contributed by atoms with Gasteiger partial charge in [-0.2, -0.15) is 0 Å². The topological polar surface area (TPSA) is 65.0 Å². The number of hydrogen-bond donors (Lipinski definition) is 1. The summed E-state index contributed by atoms with van der Waals surface area (Å²) < 4.78 is 16.7. The predicted molar refractivity (Wildman–Crippen MR) is 93.6 cm³/mol. The molecule has 0 amide bonds. The number of ether oxygens (including phenoxy) is 3. The lowest BCUT2D eigenvalue weighted by molar-refractivity contribution is -0.135. The predicted octanol–water partition coefficient (Wildman–Crippen LogP) is 4.02. The Kier molecular flexibility index (Phi) is 5.12. The first kappa shape index (κ1) is 17.1. The maximum absolute atomic E-state index is 12.0. The fraction of sp³-hybridized carbons (Fsp3) is 0.350. The summed E-state index contributed by atoms with van der Waals surface area (Å²) in [5.41, 5.74) is 1.83. The molecule has 1 aliphatic heterocycles. The number of fused-ring (bicyclic) bond motifs is 1. The highest BCUT2D eigenvalue weighted by Crippen LogP contribution is 2.42. The SMILES string of the molecule is CCCOc1ccc(C2CC(=O)Oc3cc(O)ccc32)cc1OCC. The zero-order valence-electron chi connectivity index (χ0n) is 14.5. The lowest BCUT2D eigenvalue weighted by Gasteiger charge is -2.25. The zero-order valence-corrected chi connectivity index (χ0v) is 14.5. The summed E-state index contributed by atoms with van der Waals surface area (Å²) in [5, 5.41) is 9.64. The number of esters is 1. The van der Waals surface area contributed by atoms with E-state index in [-0.39, 0.29) is 24.1 Å². The number of hydrogen-bond acceptors (Lipinski definition) is 5. The summed E-state index contributed by atoms with van der Waals surface area (Å²) in [6.45, 7) is 5.13. The second-order valence-corrected chi connectivity index (χ2v) is 5.94. The van der Waals surface area contributed by atoms with Crippen molar-refractivity contribution < 1.29 is 24.1 Å². The average Bonchev–Trinajstić information content (AvgIpc) is 2.59. The van der Waals surface area contributed by atoms with E-state index in [1.54, 1.807) is 12.1 Å². The molecule has 0 saturated heterocycles. The van der Waals surface area contributed by atoms with E-state index < -0.39 is 0 Å². The van der Waals surface area contributed by atoms with Crippen LogP contribution in [0.5, 0.6) is 23.0 Å². The fourth-order valence-corrected chi connectivity index (χ4v) is 2.98. The van der Waals surface area contributed by atoms with E-state index in [1.807, 2.05) is 25.1 Å². The molecule has 2 aromatic carbocycles. The normalized spacial score (nSPS) is 16.1. The Morgan fingerprint density at radius 2 is 1.96 bits per heavy atom. The number of phenols is 1. The third-order valence-electron chi connectivity index (χ3n) is 4.10. The van der Waals surface area contributed by atoms with Crippen LogP contribution in [0.3, 0.4) is 0 Å². The van der Waals surface area contributed by atoms with Crippen LogP contribution in [-0.4, -0.2) is 24.3 Å². The Balaban J connectivity index is 1.98. The number of phenolic OH excluding ortho intramolecular Hbond substituents is 1. The zero-order chi connectivity index (χ0) is 17.8. The highest BCUT2D eigenvalue weighted by molar-refractivity contribution is 5.78. The van der Waals surface area contributed by atoms with Crippen molar-refractivity contribution in [3.05, 3.63) is 47.5 Å². The van der Waals surface area contributed by atoms with E-state index in [0.717, 1.165) is 17.5 Å². The van der Waals surface area contributed by atoms with E-state index in [1.165, 1.54) is 6.07 Å². The van der Waals surface area contributed by atoms with Gasteiger partial charge < -0.3 is 19.3 Å². The van der Waals surface area contributed by atoms with Crippen molar-refractivity contribution in [3.8, 4) is 23.0 Å². The summed E-state index contributed by atoms with van der Waals surface area (Å²) in [4.78, 5) is 12.0. The number of carbonyl (C=O) groups is 1. The second kappa shape index (κ2) is 7.47. The molecule has 0 aromatic heterocycles. The highest BCUT2D eigenvalue weighted by atomic mass is 16.5. The molecular weight excluding hydrogens is 320 g/mol. The molecule has 5 heteroatoms. The van der Waals surface area contributed by atoms with Gasteiger partial charge in [0.05, 0.1) is 19.6 Å². The molecule has 0 fully saturated rings. The standard InChI is InChI=1S/C20H22O5/c1-3-9-24-17-8-5-13(10-19(17)23-4-2)16-12-20(22)25-18-11-14(21)6-7-15(16)18/h5-8,10-11,16,21H,3-4,9,12H2,1-2H3. The number of carbonyl (C=O) groups excluding carboxylic acids is 1.